The van der Waals surface area contributed by atoms with Gasteiger partial charge >= 0.3 is 0 Å². The second kappa shape index (κ2) is 10.1. The van der Waals surface area contributed by atoms with E-state index < -0.39 is 0 Å². The van der Waals surface area contributed by atoms with Gasteiger partial charge < -0.3 is 15.4 Å². The van der Waals surface area contributed by atoms with Gasteiger partial charge in [-0.25, -0.2) is 0 Å². The number of ether oxygens (including phenoxy) is 1. The Hall–Kier alpha value is -0.910. The zero-order chi connectivity index (χ0) is 16.5. The molecule has 2 unspecified atom stereocenters. The molecule has 1 aromatic rings. The maximum Gasteiger partial charge on any atom is 0.223 e. The predicted octanol–water partition coefficient (Wildman–Crippen LogP) is 2.76. The summed E-state index contributed by atoms with van der Waals surface area (Å²) in [7, 11) is 1.68. The molecule has 0 saturated carbocycles. The highest BCUT2D eigenvalue weighted by Crippen LogP contribution is 2.18. The normalized spacial score (nSPS) is 18.8. The van der Waals surface area contributed by atoms with Crippen molar-refractivity contribution in [3.05, 3.63) is 34.3 Å². The summed E-state index contributed by atoms with van der Waals surface area (Å²) < 4.78 is 6.22. The number of amides is 1. The summed E-state index contributed by atoms with van der Waals surface area (Å²) in [5.74, 6) is 0.816. The Morgan fingerprint density at radius 2 is 2.39 bits per heavy atom. The minimum absolute atomic E-state index is 0.0362. The van der Waals surface area contributed by atoms with Crippen LogP contribution in [0.15, 0.2) is 28.7 Å². The molecule has 0 aromatic heterocycles. The molecule has 2 rings (SSSR count). The monoisotopic (exact) mass is 382 g/mol. The van der Waals surface area contributed by atoms with Crippen molar-refractivity contribution < 1.29 is 9.53 Å². The van der Waals surface area contributed by atoms with Crippen molar-refractivity contribution in [1.82, 2.24) is 10.6 Å². The van der Waals surface area contributed by atoms with E-state index in [2.05, 4.69) is 38.7 Å². The number of hydrogen-bond donors (Lipinski definition) is 2. The first-order valence-corrected chi connectivity index (χ1v) is 9.20. The van der Waals surface area contributed by atoms with E-state index in [1.165, 1.54) is 12.0 Å². The van der Waals surface area contributed by atoms with Gasteiger partial charge in [0.05, 0.1) is 0 Å². The lowest BCUT2D eigenvalue weighted by Gasteiger charge is -2.17. The van der Waals surface area contributed by atoms with Crippen molar-refractivity contribution in [2.45, 2.75) is 25.7 Å². The number of carbonyl (C=O) groups excluding carboxylic acids is 1. The fourth-order valence-corrected chi connectivity index (χ4v) is 3.49. The van der Waals surface area contributed by atoms with Crippen LogP contribution in [0.25, 0.3) is 0 Å². The van der Waals surface area contributed by atoms with E-state index in [9.17, 15) is 4.79 Å². The number of nitrogens with one attached hydrogen (secondary N) is 2. The lowest BCUT2D eigenvalue weighted by Crippen LogP contribution is -2.34. The number of rotatable bonds is 9. The smallest absolute Gasteiger partial charge is 0.223 e. The Bertz CT molecular complexity index is 490. The number of carbonyl (C=O) groups is 1. The van der Waals surface area contributed by atoms with E-state index in [4.69, 9.17) is 4.74 Å². The second-order valence-corrected chi connectivity index (χ2v) is 7.17. The first-order valence-electron chi connectivity index (χ1n) is 8.41. The molecule has 1 aliphatic rings. The van der Waals surface area contributed by atoms with Crippen LogP contribution in [0, 0.1) is 11.8 Å². The van der Waals surface area contributed by atoms with Crippen LogP contribution >= 0.6 is 15.9 Å². The van der Waals surface area contributed by atoms with Gasteiger partial charge in [-0.1, -0.05) is 28.1 Å². The van der Waals surface area contributed by atoms with Gasteiger partial charge in [0, 0.05) is 30.7 Å². The molecule has 0 spiro atoms. The molecule has 23 heavy (non-hydrogen) atoms. The van der Waals surface area contributed by atoms with Gasteiger partial charge in [-0.3, -0.25) is 4.79 Å². The molecule has 0 aliphatic carbocycles. The van der Waals surface area contributed by atoms with Gasteiger partial charge in [-0.05, 0) is 62.4 Å². The third-order valence-electron chi connectivity index (χ3n) is 4.43. The molecule has 4 nitrogen and oxygen atoms in total. The minimum atomic E-state index is -0.0362. The minimum Gasteiger partial charge on any atom is -0.385 e. The van der Waals surface area contributed by atoms with Crippen LogP contribution in [-0.2, 0) is 16.0 Å². The molecular formula is C18H27BrN2O2. The van der Waals surface area contributed by atoms with Gasteiger partial charge in [0.15, 0.2) is 0 Å². The fraction of sp³-hybridized carbons (Fsp3) is 0.611. The molecule has 1 heterocycles. The van der Waals surface area contributed by atoms with E-state index in [1.54, 1.807) is 7.11 Å². The highest BCUT2D eigenvalue weighted by molar-refractivity contribution is 9.10. The second-order valence-electron chi connectivity index (χ2n) is 6.25. The number of halogens is 1. The Morgan fingerprint density at radius 1 is 1.52 bits per heavy atom. The summed E-state index contributed by atoms with van der Waals surface area (Å²) in [5, 5.41) is 6.48. The van der Waals surface area contributed by atoms with Gasteiger partial charge in [-0.15, -0.1) is 0 Å². The van der Waals surface area contributed by atoms with Crippen molar-refractivity contribution in [2.24, 2.45) is 11.8 Å². The van der Waals surface area contributed by atoms with Crippen molar-refractivity contribution in [3.8, 4) is 0 Å². The molecule has 2 N–H and O–H groups in total. The molecule has 2 atom stereocenters. The molecule has 0 radical (unpaired) electrons. The molecule has 1 fully saturated rings. The lowest BCUT2D eigenvalue weighted by atomic mass is 9.95. The van der Waals surface area contributed by atoms with Crippen LogP contribution in [0.2, 0.25) is 0 Å². The average molecular weight is 383 g/mol. The maximum atomic E-state index is 12.5. The molecule has 0 bridgehead atoms. The quantitative estimate of drug-likeness (QED) is 0.690. The number of hydrogen-bond acceptors (Lipinski definition) is 3. The van der Waals surface area contributed by atoms with Gasteiger partial charge in [-0.2, -0.15) is 0 Å². The van der Waals surface area contributed by atoms with Crippen LogP contribution in [0.5, 0.6) is 0 Å². The van der Waals surface area contributed by atoms with Crippen molar-refractivity contribution >= 4 is 21.8 Å². The summed E-state index contributed by atoms with van der Waals surface area (Å²) in [6.45, 7) is 3.57. The van der Waals surface area contributed by atoms with E-state index in [1.807, 2.05) is 12.1 Å². The first-order chi connectivity index (χ1) is 11.2. The first kappa shape index (κ1) is 18.4. The zero-order valence-electron chi connectivity index (χ0n) is 13.8. The SMILES string of the molecule is COCCC(Cc1cccc(Br)c1)C(=O)NCCC1CCNC1. The maximum absolute atomic E-state index is 12.5. The van der Waals surface area contributed by atoms with Gasteiger partial charge in [0.25, 0.3) is 0 Å². The van der Waals surface area contributed by atoms with Crippen molar-refractivity contribution in [1.29, 1.82) is 0 Å². The van der Waals surface area contributed by atoms with Gasteiger partial charge in [0.1, 0.15) is 0 Å². The lowest BCUT2D eigenvalue weighted by molar-refractivity contribution is -0.125. The van der Waals surface area contributed by atoms with Crippen molar-refractivity contribution in [2.75, 3.05) is 33.4 Å². The van der Waals surface area contributed by atoms with Crippen LogP contribution in [0.3, 0.4) is 0 Å². The third-order valence-corrected chi connectivity index (χ3v) is 4.92. The van der Waals surface area contributed by atoms with E-state index >= 15 is 0 Å². The topological polar surface area (TPSA) is 50.4 Å². The Kier molecular flexibility index (Phi) is 8.06. The molecule has 128 valence electrons. The van der Waals surface area contributed by atoms with Crippen molar-refractivity contribution in [3.63, 3.8) is 0 Å². The molecule has 1 saturated heterocycles. The molecular weight excluding hydrogens is 356 g/mol. The van der Waals surface area contributed by atoms with Crippen LogP contribution in [0.1, 0.15) is 24.8 Å². The van der Waals surface area contributed by atoms with Crippen LogP contribution in [-0.4, -0.2) is 39.3 Å². The predicted molar refractivity (Wildman–Crippen MR) is 96.4 cm³/mol. The Balaban J connectivity index is 1.84. The third kappa shape index (κ3) is 6.61. The number of methoxy groups -OCH3 is 1. The van der Waals surface area contributed by atoms with E-state index in [-0.39, 0.29) is 11.8 Å². The fourth-order valence-electron chi connectivity index (χ4n) is 3.04. The molecule has 1 aliphatic heterocycles. The van der Waals surface area contributed by atoms with Gasteiger partial charge in [0.2, 0.25) is 5.91 Å². The average Bonchev–Trinajstić information content (AvgIpc) is 3.04. The van der Waals surface area contributed by atoms with E-state index in [0.29, 0.717) is 12.5 Å². The summed E-state index contributed by atoms with van der Waals surface area (Å²) in [6, 6.07) is 8.17. The Labute approximate surface area is 147 Å². The Morgan fingerprint density at radius 3 is 3.09 bits per heavy atom. The van der Waals surface area contributed by atoms with Crippen LogP contribution < -0.4 is 10.6 Å². The largest absolute Gasteiger partial charge is 0.385 e. The molecule has 1 aromatic carbocycles. The standard InChI is InChI=1S/C18H27BrN2O2/c1-23-10-7-16(11-15-3-2-4-17(19)12-15)18(22)21-9-6-14-5-8-20-13-14/h2-4,12,14,16,20H,5-11,13H2,1H3,(H,21,22). The molecule has 1 amide bonds. The summed E-state index contributed by atoms with van der Waals surface area (Å²) >= 11 is 3.49. The van der Waals surface area contributed by atoms with E-state index in [0.717, 1.165) is 43.4 Å². The summed E-state index contributed by atoms with van der Waals surface area (Å²) in [6.07, 6.45) is 3.78. The highest BCUT2D eigenvalue weighted by atomic mass is 79.9. The molecule has 5 heteroatoms. The summed E-state index contributed by atoms with van der Waals surface area (Å²) in [4.78, 5) is 12.5. The zero-order valence-corrected chi connectivity index (χ0v) is 15.4. The highest BCUT2D eigenvalue weighted by Gasteiger charge is 2.20. The number of benzene rings is 1. The summed E-state index contributed by atoms with van der Waals surface area (Å²) in [5.41, 5.74) is 1.18. The van der Waals surface area contributed by atoms with Crippen LogP contribution in [0.4, 0.5) is 0 Å².